The Morgan fingerprint density at radius 2 is 1.95 bits per heavy atom. The Bertz CT molecular complexity index is 634. The van der Waals surface area contributed by atoms with Crippen LogP contribution in [0.15, 0.2) is 36.4 Å². The maximum absolute atomic E-state index is 8.87. The molecule has 0 aliphatic heterocycles. The molecule has 0 amide bonds. The van der Waals surface area contributed by atoms with Gasteiger partial charge in [0.1, 0.15) is 16.8 Å². The number of nitriles is 1. The van der Waals surface area contributed by atoms with Crippen LogP contribution in [0.4, 0.5) is 11.5 Å². The number of benzene rings is 1. The molecule has 108 valence electrons. The zero-order valence-corrected chi connectivity index (χ0v) is 12.9. The minimum absolute atomic E-state index is 0.191. The molecular formula is C16H17ClN4. The first-order valence-electron chi connectivity index (χ1n) is 6.86. The molecule has 1 heterocycles. The molecule has 0 atom stereocenters. The predicted octanol–water partition coefficient (Wildman–Crippen LogP) is 4.31. The van der Waals surface area contributed by atoms with Crippen molar-refractivity contribution in [1.82, 2.24) is 9.97 Å². The van der Waals surface area contributed by atoms with Gasteiger partial charge in [-0.3, -0.25) is 0 Å². The van der Waals surface area contributed by atoms with Gasteiger partial charge in [-0.15, -0.1) is 0 Å². The van der Waals surface area contributed by atoms with Gasteiger partial charge in [-0.1, -0.05) is 43.6 Å². The molecule has 0 saturated heterocycles. The molecule has 0 bridgehead atoms. The first kappa shape index (κ1) is 15.3. The van der Waals surface area contributed by atoms with E-state index in [0.717, 1.165) is 11.5 Å². The van der Waals surface area contributed by atoms with Crippen molar-refractivity contribution in [2.45, 2.75) is 26.2 Å². The summed E-state index contributed by atoms with van der Waals surface area (Å²) in [5, 5.41) is 9.29. The zero-order valence-electron chi connectivity index (χ0n) is 12.1. The third-order valence-corrected chi connectivity index (χ3v) is 3.20. The highest BCUT2D eigenvalue weighted by atomic mass is 35.5. The Morgan fingerprint density at radius 1 is 1.24 bits per heavy atom. The highest BCUT2D eigenvalue weighted by molar-refractivity contribution is 6.29. The Kier molecular flexibility index (Phi) is 5.13. The molecule has 0 spiro atoms. The van der Waals surface area contributed by atoms with E-state index in [0.29, 0.717) is 23.9 Å². The molecule has 0 fully saturated rings. The molecule has 21 heavy (non-hydrogen) atoms. The second-order valence-corrected chi connectivity index (χ2v) is 5.34. The lowest BCUT2D eigenvalue weighted by atomic mass is 10.2. The van der Waals surface area contributed by atoms with E-state index in [1.165, 1.54) is 0 Å². The molecule has 4 nitrogen and oxygen atoms in total. The van der Waals surface area contributed by atoms with Crippen LogP contribution in [0.25, 0.3) is 0 Å². The van der Waals surface area contributed by atoms with Gasteiger partial charge in [-0.25, -0.2) is 9.97 Å². The number of nitrogens with zero attached hydrogens (tertiary/aromatic N) is 4. The Morgan fingerprint density at radius 3 is 2.57 bits per heavy atom. The first-order chi connectivity index (χ1) is 10.1. The number of aromatic nitrogens is 2. The largest absolute Gasteiger partial charge is 0.325 e. The van der Waals surface area contributed by atoms with E-state index in [-0.39, 0.29) is 5.92 Å². The molecule has 1 aromatic carbocycles. The fourth-order valence-electron chi connectivity index (χ4n) is 1.97. The van der Waals surface area contributed by atoms with Crippen LogP contribution < -0.4 is 4.90 Å². The number of hydrogen-bond donors (Lipinski definition) is 0. The van der Waals surface area contributed by atoms with Crippen LogP contribution in [0.5, 0.6) is 0 Å². The lowest BCUT2D eigenvalue weighted by Crippen LogP contribution is -2.20. The molecule has 0 saturated carbocycles. The maximum atomic E-state index is 8.87. The maximum Gasteiger partial charge on any atom is 0.138 e. The lowest BCUT2D eigenvalue weighted by molar-refractivity contribution is 0.767. The fraction of sp³-hybridized carbons (Fsp3) is 0.312. The summed E-state index contributed by atoms with van der Waals surface area (Å²) >= 11 is 6.12. The third kappa shape index (κ3) is 3.93. The van der Waals surface area contributed by atoms with Crippen molar-refractivity contribution in [3.8, 4) is 6.07 Å². The molecule has 2 rings (SSSR count). The third-order valence-electron chi connectivity index (χ3n) is 3.01. The normalized spacial score (nSPS) is 10.4. The first-order valence-corrected chi connectivity index (χ1v) is 7.23. The van der Waals surface area contributed by atoms with E-state index in [9.17, 15) is 0 Å². The van der Waals surface area contributed by atoms with Gasteiger partial charge in [0.05, 0.1) is 12.5 Å². The molecule has 2 aromatic rings. The quantitative estimate of drug-likeness (QED) is 0.772. The molecule has 1 aromatic heterocycles. The summed E-state index contributed by atoms with van der Waals surface area (Å²) in [5.74, 6) is 1.62. The van der Waals surface area contributed by atoms with Crippen LogP contribution in [0.1, 0.15) is 32.0 Å². The van der Waals surface area contributed by atoms with Crippen LogP contribution in [-0.2, 0) is 0 Å². The van der Waals surface area contributed by atoms with E-state index in [1.54, 1.807) is 6.07 Å². The minimum Gasteiger partial charge on any atom is -0.325 e. The van der Waals surface area contributed by atoms with E-state index < -0.39 is 0 Å². The van der Waals surface area contributed by atoms with Crippen LogP contribution in [0.2, 0.25) is 5.15 Å². The van der Waals surface area contributed by atoms with E-state index in [2.05, 4.69) is 16.0 Å². The monoisotopic (exact) mass is 300 g/mol. The van der Waals surface area contributed by atoms with Gasteiger partial charge in [0.15, 0.2) is 0 Å². The molecule has 5 heteroatoms. The van der Waals surface area contributed by atoms with Crippen LogP contribution >= 0.6 is 11.6 Å². The number of para-hydroxylation sites is 1. The fourth-order valence-corrected chi connectivity index (χ4v) is 2.15. The Hall–Kier alpha value is -2.12. The minimum atomic E-state index is 0.191. The van der Waals surface area contributed by atoms with Crippen LogP contribution in [-0.4, -0.2) is 16.5 Å². The van der Waals surface area contributed by atoms with E-state index in [4.69, 9.17) is 16.9 Å². The Balaban J connectivity index is 2.44. The van der Waals surface area contributed by atoms with Crippen molar-refractivity contribution >= 4 is 23.1 Å². The zero-order chi connectivity index (χ0) is 15.2. The van der Waals surface area contributed by atoms with E-state index >= 15 is 0 Å². The Labute approximate surface area is 130 Å². The summed E-state index contributed by atoms with van der Waals surface area (Å²) in [6.45, 7) is 4.61. The van der Waals surface area contributed by atoms with Crippen molar-refractivity contribution in [2.75, 3.05) is 11.4 Å². The van der Waals surface area contributed by atoms with Gasteiger partial charge < -0.3 is 4.90 Å². The topological polar surface area (TPSA) is 52.8 Å². The SMILES string of the molecule is CC(C)c1nc(Cl)cc(N(CCC#N)c2ccccc2)n1. The molecule has 0 unspecified atom stereocenters. The molecule has 0 radical (unpaired) electrons. The van der Waals surface area contributed by atoms with Crippen molar-refractivity contribution in [3.63, 3.8) is 0 Å². The standard InChI is InChI=1S/C16H17ClN4/c1-12(2)16-19-14(17)11-15(20-16)21(10-6-9-18)13-7-4-3-5-8-13/h3-5,7-8,11-12H,6,10H2,1-2H3. The smallest absolute Gasteiger partial charge is 0.138 e. The van der Waals surface area contributed by atoms with Gasteiger partial charge in [0.25, 0.3) is 0 Å². The highest BCUT2D eigenvalue weighted by Crippen LogP contribution is 2.26. The van der Waals surface area contributed by atoms with Crippen LogP contribution in [0.3, 0.4) is 0 Å². The summed E-state index contributed by atoms with van der Waals surface area (Å²) in [4.78, 5) is 10.8. The molecule has 0 aliphatic rings. The molecular weight excluding hydrogens is 284 g/mol. The summed E-state index contributed by atoms with van der Waals surface area (Å²) in [5.41, 5.74) is 0.984. The molecule has 0 aliphatic carbocycles. The average Bonchev–Trinajstić information content (AvgIpc) is 2.48. The predicted molar refractivity (Wildman–Crippen MR) is 84.8 cm³/mol. The average molecular weight is 301 g/mol. The summed E-state index contributed by atoms with van der Waals surface area (Å²) < 4.78 is 0. The number of rotatable bonds is 5. The highest BCUT2D eigenvalue weighted by Gasteiger charge is 2.14. The van der Waals surface area contributed by atoms with Crippen molar-refractivity contribution in [3.05, 3.63) is 47.4 Å². The van der Waals surface area contributed by atoms with Gasteiger partial charge in [-0.05, 0) is 12.1 Å². The lowest BCUT2D eigenvalue weighted by Gasteiger charge is -2.23. The summed E-state index contributed by atoms with van der Waals surface area (Å²) in [6.07, 6.45) is 0.410. The van der Waals surface area contributed by atoms with Crippen molar-refractivity contribution in [1.29, 1.82) is 5.26 Å². The van der Waals surface area contributed by atoms with Gasteiger partial charge in [0.2, 0.25) is 0 Å². The summed E-state index contributed by atoms with van der Waals surface area (Å²) in [7, 11) is 0. The number of halogens is 1. The van der Waals surface area contributed by atoms with Crippen molar-refractivity contribution in [2.24, 2.45) is 0 Å². The van der Waals surface area contributed by atoms with Gasteiger partial charge in [-0.2, -0.15) is 5.26 Å². The number of hydrogen-bond acceptors (Lipinski definition) is 4. The van der Waals surface area contributed by atoms with Crippen LogP contribution in [0, 0.1) is 11.3 Å². The molecule has 0 N–H and O–H groups in total. The second kappa shape index (κ2) is 7.05. The van der Waals surface area contributed by atoms with Crippen molar-refractivity contribution < 1.29 is 0 Å². The second-order valence-electron chi connectivity index (χ2n) is 4.96. The van der Waals surface area contributed by atoms with Gasteiger partial charge in [0, 0.05) is 24.2 Å². The summed E-state index contributed by atoms with van der Waals surface area (Å²) in [6, 6.07) is 13.8. The number of anilines is 2. The van der Waals surface area contributed by atoms with Gasteiger partial charge >= 0.3 is 0 Å². The van der Waals surface area contributed by atoms with E-state index in [1.807, 2.05) is 49.1 Å².